The third-order valence-corrected chi connectivity index (χ3v) is 8.03. The average molecular weight is 445 g/mol. The normalized spacial score (nSPS) is 17.4. The molecular weight excluding hydrogens is 424 g/mol. The van der Waals surface area contributed by atoms with Gasteiger partial charge in [-0.15, -0.1) is 0 Å². The smallest absolute Gasteiger partial charge is 0.235 e. The van der Waals surface area contributed by atoms with Crippen molar-refractivity contribution in [2.75, 3.05) is 21.9 Å². The van der Waals surface area contributed by atoms with E-state index in [-0.39, 0.29) is 18.1 Å². The van der Waals surface area contributed by atoms with Gasteiger partial charge in [0, 0.05) is 17.5 Å². The SMILES string of the molecule is O=C(Cc1coc2cc3c(cc12)CCC3)Nc1cc(N2CCCS2(=O)=O)ccc1Cl. The lowest BCUT2D eigenvalue weighted by molar-refractivity contribution is -0.115. The van der Waals surface area contributed by atoms with Crippen molar-refractivity contribution in [2.45, 2.75) is 32.1 Å². The molecule has 0 atom stereocenters. The van der Waals surface area contributed by atoms with E-state index in [1.54, 1.807) is 24.5 Å². The van der Waals surface area contributed by atoms with Gasteiger partial charge in [-0.25, -0.2) is 8.42 Å². The van der Waals surface area contributed by atoms with Gasteiger partial charge < -0.3 is 9.73 Å². The number of aryl methyl sites for hydroxylation is 2. The standard InChI is InChI=1S/C22H21ClN2O4S/c23-19-6-5-17(25-7-2-8-30(25,27)28)12-20(19)24-22(26)11-16-13-29-21-10-15-4-1-3-14(15)9-18(16)21/h5-6,9-10,12-13H,1-4,7-8,11H2,(H,24,26). The number of amides is 1. The van der Waals surface area contributed by atoms with Gasteiger partial charge in [0.25, 0.3) is 0 Å². The van der Waals surface area contributed by atoms with E-state index in [0.717, 1.165) is 35.8 Å². The number of hydrogen-bond donors (Lipinski definition) is 1. The number of hydrogen-bond acceptors (Lipinski definition) is 4. The van der Waals surface area contributed by atoms with Crippen molar-refractivity contribution in [1.82, 2.24) is 0 Å². The lowest BCUT2D eigenvalue weighted by Crippen LogP contribution is -2.25. The van der Waals surface area contributed by atoms with Crippen LogP contribution in [0.2, 0.25) is 5.02 Å². The summed E-state index contributed by atoms with van der Waals surface area (Å²) in [4.78, 5) is 12.7. The Hall–Kier alpha value is -2.51. The molecule has 0 radical (unpaired) electrons. The third kappa shape index (κ3) is 3.46. The zero-order chi connectivity index (χ0) is 20.9. The minimum absolute atomic E-state index is 0.134. The first-order valence-electron chi connectivity index (χ1n) is 10.0. The van der Waals surface area contributed by atoms with Crippen molar-refractivity contribution in [3.8, 4) is 0 Å². The number of benzene rings is 2. The molecule has 1 amide bonds. The molecule has 3 aromatic rings. The minimum Gasteiger partial charge on any atom is -0.464 e. The Bertz CT molecular complexity index is 1270. The van der Waals surface area contributed by atoms with Crippen LogP contribution >= 0.6 is 11.6 Å². The summed E-state index contributed by atoms with van der Waals surface area (Å²) in [7, 11) is -3.30. The number of nitrogens with zero attached hydrogens (tertiary/aromatic N) is 1. The van der Waals surface area contributed by atoms with Crippen molar-refractivity contribution in [3.05, 3.63) is 58.3 Å². The quantitative estimate of drug-likeness (QED) is 0.650. The summed E-state index contributed by atoms with van der Waals surface area (Å²) < 4.78 is 31.4. The fourth-order valence-electron chi connectivity index (χ4n) is 4.35. The van der Waals surface area contributed by atoms with Gasteiger partial charge >= 0.3 is 0 Å². The highest BCUT2D eigenvalue weighted by molar-refractivity contribution is 7.93. The van der Waals surface area contributed by atoms with Crippen LogP contribution in [0.15, 0.2) is 41.0 Å². The van der Waals surface area contributed by atoms with Crippen molar-refractivity contribution in [1.29, 1.82) is 0 Å². The topological polar surface area (TPSA) is 79.6 Å². The van der Waals surface area contributed by atoms with Crippen LogP contribution in [0, 0.1) is 0 Å². The number of halogens is 1. The van der Waals surface area contributed by atoms with Gasteiger partial charge in [0.05, 0.1) is 34.8 Å². The molecule has 2 aromatic carbocycles. The second-order valence-electron chi connectivity index (χ2n) is 7.86. The summed E-state index contributed by atoms with van der Waals surface area (Å²) in [5.74, 6) is -0.101. The van der Waals surface area contributed by atoms with E-state index in [1.165, 1.54) is 15.4 Å². The van der Waals surface area contributed by atoms with E-state index in [2.05, 4.69) is 17.4 Å². The Balaban J connectivity index is 1.37. The Morgan fingerprint density at radius 3 is 2.70 bits per heavy atom. The number of carbonyl (C=O) groups is 1. The minimum atomic E-state index is -3.30. The van der Waals surface area contributed by atoms with Gasteiger partial charge in [-0.3, -0.25) is 9.10 Å². The van der Waals surface area contributed by atoms with Crippen molar-refractivity contribution in [2.24, 2.45) is 0 Å². The molecule has 1 fully saturated rings. The van der Waals surface area contributed by atoms with Crippen molar-refractivity contribution < 1.29 is 17.6 Å². The van der Waals surface area contributed by atoms with E-state index in [4.69, 9.17) is 16.0 Å². The molecule has 1 saturated heterocycles. The molecule has 1 N–H and O–H groups in total. The molecule has 0 unspecified atom stereocenters. The van der Waals surface area contributed by atoms with Crippen LogP contribution in [-0.4, -0.2) is 26.6 Å². The van der Waals surface area contributed by atoms with Crippen molar-refractivity contribution >= 4 is 49.9 Å². The van der Waals surface area contributed by atoms with Crippen LogP contribution < -0.4 is 9.62 Å². The molecule has 0 bridgehead atoms. The van der Waals surface area contributed by atoms with Crippen LogP contribution in [0.25, 0.3) is 11.0 Å². The van der Waals surface area contributed by atoms with E-state index in [9.17, 15) is 13.2 Å². The Labute approximate surface area is 179 Å². The van der Waals surface area contributed by atoms with Crippen LogP contribution in [0.1, 0.15) is 29.5 Å². The van der Waals surface area contributed by atoms with Gasteiger partial charge in [0.1, 0.15) is 5.58 Å². The van der Waals surface area contributed by atoms with Gasteiger partial charge in [-0.1, -0.05) is 11.6 Å². The molecule has 1 aliphatic heterocycles. The molecule has 0 spiro atoms. The molecule has 6 nitrogen and oxygen atoms in total. The highest BCUT2D eigenvalue weighted by atomic mass is 35.5. The van der Waals surface area contributed by atoms with Crippen LogP contribution in [0.3, 0.4) is 0 Å². The maximum atomic E-state index is 12.7. The number of rotatable bonds is 4. The highest BCUT2D eigenvalue weighted by Crippen LogP contribution is 2.33. The van der Waals surface area contributed by atoms with Crippen LogP contribution in [0.4, 0.5) is 11.4 Å². The predicted molar refractivity (Wildman–Crippen MR) is 118 cm³/mol. The summed E-state index contributed by atoms with van der Waals surface area (Å²) in [6.45, 7) is 0.433. The van der Waals surface area contributed by atoms with Gasteiger partial charge in [-0.05, 0) is 67.1 Å². The number of furan rings is 1. The molecule has 8 heteroatoms. The summed E-state index contributed by atoms with van der Waals surface area (Å²) in [5, 5.41) is 4.15. The molecule has 30 heavy (non-hydrogen) atoms. The molecule has 5 rings (SSSR count). The number of anilines is 2. The molecule has 1 aliphatic carbocycles. The molecule has 2 heterocycles. The molecule has 0 saturated carbocycles. The number of fused-ring (bicyclic) bond motifs is 2. The second kappa shape index (κ2) is 7.32. The molecule has 1 aromatic heterocycles. The van der Waals surface area contributed by atoms with Crippen LogP contribution in [-0.2, 0) is 34.1 Å². The number of nitrogens with one attached hydrogen (secondary N) is 1. The molecular formula is C22H21ClN2O4S. The van der Waals surface area contributed by atoms with E-state index in [0.29, 0.717) is 29.4 Å². The molecule has 156 valence electrons. The largest absolute Gasteiger partial charge is 0.464 e. The second-order valence-corrected chi connectivity index (χ2v) is 10.3. The monoisotopic (exact) mass is 444 g/mol. The van der Waals surface area contributed by atoms with Crippen molar-refractivity contribution in [3.63, 3.8) is 0 Å². The van der Waals surface area contributed by atoms with Crippen LogP contribution in [0.5, 0.6) is 0 Å². The first-order valence-corrected chi connectivity index (χ1v) is 12.0. The highest BCUT2D eigenvalue weighted by Gasteiger charge is 2.29. The summed E-state index contributed by atoms with van der Waals surface area (Å²) in [5.41, 5.74) is 5.19. The summed E-state index contributed by atoms with van der Waals surface area (Å²) in [6.07, 6.45) is 5.65. The first kappa shape index (κ1) is 19.5. The van der Waals surface area contributed by atoms with Gasteiger partial charge in [0.15, 0.2) is 0 Å². The first-order chi connectivity index (χ1) is 14.4. The average Bonchev–Trinajstić information content (AvgIpc) is 3.40. The van der Waals surface area contributed by atoms with Gasteiger partial charge in [-0.2, -0.15) is 0 Å². The van der Waals surface area contributed by atoms with E-state index < -0.39 is 10.0 Å². The fourth-order valence-corrected chi connectivity index (χ4v) is 6.07. The van der Waals surface area contributed by atoms with Gasteiger partial charge in [0.2, 0.25) is 15.9 Å². The predicted octanol–water partition coefficient (Wildman–Crippen LogP) is 4.30. The van der Waals surface area contributed by atoms with E-state index in [1.807, 2.05) is 0 Å². The zero-order valence-corrected chi connectivity index (χ0v) is 17.9. The summed E-state index contributed by atoms with van der Waals surface area (Å²) >= 11 is 6.26. The Morgan fingerprint density at radius 2 is 1.93 bits per heavy atom. The maximum Gasteiger partial charge on any atom is 0.235 e. The van der Waals surface area contributed by atoms with E-state index >= 15 is 0 Å². The lowest BCUT2D eigenvalue weighted by Gasteiger charge is -2.18. The lowest BCUT2D eigenvalue weighted by atomic mass is 10.0. The third-order valence-electron chi connectivity index (χ3n) is 5.83. The summed E-state index contributed by atoms with van der Waals surface area (Å²) in [6, 6.07) is 9.09. The number of carbonyl (C=O) groups excluding carboxylic acids is 1. The Kier molecular flexibility index (Phi) is 4.75. The zero-order valence-electron chi connectivity index (χ0n) is 16.3. The molecule has 2 aliphatic rings. The Morgan fingerprint density at radius 1 is 1.13 bits per heavy atom. The number of sulfonamides is 1. The maximum absolute atomic E-state index is 12.7. The fraction of sp³-hybridized carbons (Fsp3) is 0.318.